The van der Waals surface area contributed by atoms with Crippen molar-refractivity contribution >= 4 is 56.9 Å². The molecule has 292 valence electrons. The summed E-state index contributed by atoms with van der Waals surface area (Å²) in [4.78, 5) is 59.2. The van der Waals surface area contributed by atoms with E-state index in [2.05, 4.69) is 63.6 Å². The molecule has 1 saturated carbocycles. The van der Waals surface area contributed by atoms with Crippen LogP contribution in [0, 0.1) is 23.2 Å². The lowest BCUT2D eigenvalue weighted by atomic mass is 9.86. The molecule has 8 rings (SSSR count). The quantitative estimate of drug-likeness (QED) is 0.293. The van der Waals surface area contributed by atoms with Gasteiger partial charge in [-0.1, -0.05) is 6.07 Å². The zero-order valence-electron chi connectivity index (χ0n) is 31.3. The number of benzene rings is 2. The van der Waals surface area contributed by atoms with Crippen LogP contribution in [-0.2, 0) is 20.9 Å². The number of piperazine rings is 1. The number of fused-ring (bicyclic) bond motifs is 1. The van der Waals surface area contributed by atoms with E-state index in [-0.39, 0.29) is 42.1 Å². The molecule has 1 unspecified atom stereocenters. The lowest BCUT2D eigenvalue weighted by Gasteiger charge is -2.39. The molecule has 5 aliphatic rings. The van der Waals surface area contributed by atoms with Crippen LogP contribution in [0.15, 0.2) is 53.0 Å². The number of amides is 4. The average Bonchev–Trinajstić information content (AvgIpc) is 3.54. The van der Waals surface area contributed by atoms with Gasteiger partial charge in [0.1, 0.15) is 17.9 Å². The Morgan fingerprint density at radius 3 is 2.38 bits per heavy atom. The molecule has 0 radical (unpaired) electrons. The normalized spacial score (nSPS) is 23.4. The van der Waals surface area contributed by atoms with E-state index >= 15 is 0 Å². The van der Waals surface area contributed by atoms with Gasteiger partial charge in [-0.25, -0.2) is 0 Å². The predicted molar refractivity (Wildman–Crippen MR) is 212 cm³/mol. The zero-order valence-corrected chi connectivity index (χ0v) is 32.9. The third-order valence-electron chi connectivity index (χ3n) is 12.0. The van der Waals surface area contributed by atoms with Gasteiger partial charge in [0.05, 0.1) is 11.7 Å². The highest BCUT2D eigenvalue weighted by atomic mass is 79.9. The maximum Gasteiger partial charge on any atom is 0.255 e. The summed E-state index contributed by atoms with van der Waals surface area (Å²) in [5, 5.41) is 23.3. The summed E-state index contributed by atoms with van der Waals surface area (Å²) >= 11 is 3.41. The van der Waals surface area contributed by atoms with Gasteiger partial charge in [-0.05, 0) is 115 Å². The molecule has 2 N–H and O–H groups in total. The monoisotopic (exact) mass is 823 g/mol. The summed E-state index contributed by atoms with van der Waals surface area (Å²) in [6, 6.07) is 16.8. The van der Waals surface area contributed by atoms with E-state index in [1.54, 1.807) is 11.0 Å². The van der Waals surface area contributed by atoms with E-state index in [9.17, 15) is 19.2 Å². The Hall–Kier alpha value is -5.07. The van der Waals surface area contributed by atoms with E-state index in [0.29, 0.717) is 40.3 Å². The number of nitrogens with zero attached hydrogens (tertiary/aromatic N) is 7. The molecule has 14 nitrogen and oxygen atoms in total. The number of carbonyl (C=O) groups is 4. The molecule has 0 spiro atoms. The number of nitrogens with one attached hydrogen (secondary N) is 2. The van der Waals surface area contributed by atoms with Crippen molar-refractivity contribution in [3.05, 3.63) is 69.7 Å². The Morgan fingerprint density at radius 2 is 1.68 bits per heavy atom. The fourth-order valence-electron chi connectivity index (χ4n) is 8.72. The molecule has 1 atom stereocenters. The molecule has 1 aliphatic carbocycles. The fourth-order valence-corrected chi connectivity index (χ4v) is 9.17. The number of aromatic nitrogens is 2. The summed E-state index contributed by atoms with van der Waals surface area (Å²) in [6.45, 7) is 6.96. The Bertz CT molecular complexity index is 2020. The maximum absolute atomic E-state index is 13.3. The van der Waals surface area contributed by atoms with E-state index in [4.69, 9.17) is 10.00 Å². The first kappa shape index (κ1) is 37.8. The molecule has 3 aromatic rings. The van der Waals surface area contributed by atoms with Crippen LogP contribution in [0.1, 0.15) is 72.9 Å². The number of imide groups is 1. The largest absolute Gasteiger partial charge is 0.490 e. The molecule has 1 aromatic heterocycles. The standard InChI is InChI=1S/C41H46BrN9O5/c42-34-22-32(8-4-28(34)23-43)56-31-6-2-27(3-7-31)39(53)44-36-10-11-37(47-46-36)50-15-13-26(14-16-50)24-48-17-19-49(20-18-48)30-5-1-29-25-51(41(55)33(29)21-30)35-9-12-38(52)45-40(35)54/h1,4-5,8,10-11,21-22,26-27,31,35H,2-3,6-7,9,12-20,24-25H2,(H,44,46,53)(H,45,52,54). The maximum atomic E-state index is 13.3. The zero-order chi connectivity index (χ0) is 38.8. The lowest BCUT2D eigenvalue weighted by molar-refractivity contribution is -0.137. The number of hydrogen-bond donors (Lipinski definition) is 2. The number of ether oxygens (including phenoxy) is 1. The van der Waals surface area contributed by atoms with Gasteiger partial charge in [-0.3, -0.25) is 29.4 Å². The Kier molecular flexibility index (Phi) is 11.2. The summed E-state index contributed by atoms with van der Waals surface area (Å²) in [7, 11) is 0. The third kappa shape index (κ3) is 8.36. The topological polar surface area (TPSA) is 164 Å². The summed E-state index contributed by atoms with van der Waals surface area (Å²) in [6.07, 6.45) is 5.82. The highest BCUT2D eigenvalue weighted by molar-refractivity contribution is 9.10. The van der Waals surface area contributed by atoms with Crippen LogP contribution in [0.4, 0.5) is 17.3 Å². The molecular formula is C41H46BrN9O5. The number of piperidine rings is 2. The lowest BCUT2D eigenvalue weighted by Crippen LogP contribution is -2.52. The van der Waals surface area contributed by atoms with Crippen LogP contribution >= 0.6 is 15.9 Å². The van der Waals surface area contributed by atoms with Crippen LogP contribution in [0.3, 0.4) is 0 Å². The van der Waals surface area contributed by atoms with Gasteiger partial charge in [0.15, 0.2) is 11.6 Å². The van der Waals surface area contributed by atoms with E-state index in [1.165, 1.54) is 0 Å². The summed E-state index contributed by atoms with van der Waals surface area (Å²) in [5.41, 5.74) is 3.18. The van der Waals surface area contributed by atoms with Gasteiger partial charge in [0.2, 0.25) is 17.7 Å². The molecule has 3 saturated heterocycles. The molecular weight excluding hydrogens is 778 g/mol. The highest BCUT2D eigenvalue weighted by Crippen LogP contribution is 2.33. The number of nitriles is 1. The molecule has 15 heteroatoms. The van der Waals surface area contributed by atoms with Gasteiger partial charge >= 0.3 is 0 Å². The van der Waals surface area contributed by atoms with Crippen molar-refractivity contribution < 1.29 is 23.9 Å². The SMILES string of the molecule is N#Cc1ccc(OC2CCC(C(=O)Nc3ccc(N4CCC(CN5CCN(c6ccc7c(c6)C(=O)N(C6CCC(=O)NC6=O)C7)CC5)CC4)nn3)CC2)cc1Br. The second-order valence-electron chi connectivity index (χ2n) is 15.6. The molecule has 5 heterocycles. The van der Waals surface area contributed by atoms with Crippen LogP contribution in [0.25, 0.3) is 0 Å². The van der Waals surface area contributed by atoms with E-state index in [0.717, 1.165) is 107 Å². The van der Waals surface area contributed by atoms with Crippen LogP contribution < -0.4 is 25.2 Å². The molecule has 0 bridgehead atoms. The van der Waals surface area contributed by atoms with Crippen molar-refractivity contribution in [2.24, 2.45) is 11.8 Å². The van der Waals surface area contributed by atoms with Crippen molar-refractivity contribution in [3.8, 4) is 11.8 Å². The van der Waals surface area contributed by atoms with Crippen LogP contribution in [0.5, 0.6) is 5.75 Å². The fraction of sp³-hybridized carbons (Fsp3) is 0.488. The van der Waals surface area contributed by atoms with Crippen LogP contribution in [-0.4, -0.2) is 102 Å². The minimum Gasteiger partial charge on any atom is -0.490 e. The van der Waals surface area contributed by atoms with Gasteiger partial charge in [-0.2, -0.15) is 5.26 Å². The summed E-state index contributed by atoms with van der Waals surface area (Å²) in [5.74, 6) is 1.68. The second kappa shape index (κ2) is 16.6. The molecule has 2 aromatic carbocycles. The van der Waals surface area contributed by atoms with Gasteiger partial charge in [-0.15, -0.1) is 10.2 Å². The number of halogens is 1. The molecule has 4 aliphatic heterocycles. The number of hydrogen-bond acceptors (Lipinski definition) is 11. The molecule has 4 fully saturated rings. The minimum absolute atomic E-state index is 0.0333. The highest BCUT2D eigenvalue weighted by Gasteiger charge is 2.39. The minimum atomic E-state index is -0.602. The number of rotatable bonds is 9. The summed E-state index contributed by atoms with van der Waals surface area (Å²) < 4.78 is 6.84. The first-order chi connectivity index (χ1) is 27.2. The van der Waals surface area contributed by atoms with E-state index in [1.807, 2.05) is 36.4 Å². The van der Waals surface area contributed by atoms with Crippen molar-refractivity contribution in [3.63, 3.8) is 0 Å². The van der Waals surface area contributed by atoms with Crippen molar-refractivity contribution in [2.45, 2.75) is 70.1 Å². The first-order valence-corrected chi connectivity index (χ1v) is 20.5. The first-order valence-electron chi connectivity index (χ1n) is 19.7. The van der Waals surface area contributed by atoms with Gasteiger partial charge in [0, 0.05) is 80.4 Å². The molecule has 56 heavy (non-hydrogen) atoms. The molecule has 4 amide bonds. The Morgan fingerprint density at radius 1 is 0.893 bits per heavy atom. The smallest absolute Gasteiger partial charge is 0.255 e. The van der Waals surface area contributed by atoms with Crippen molar-refractivity contribution in [2.75, 3.05) is 60.9 Å². The van der Waals surface area contributed by atoms with Gasteiger partial charge < -0.3 is 24.8 Å². The Labute approximate surface area is 334 Å². The second-order valence-corrected chi connectivity index (χ2v) is 16.4. The van der Waals surface area contributed by atoms with Gasteiger partial charge in [0.25, 0.3) is 5.91 Å². The predicted octanol–water partition coefficient (Wildman–Crippen LogP) is 4.49. The number of carbonyl (C=O) groups excluding carboxylic acids is 4. The number of anilines is 3. The Balaban J connectivity index is 0.743. The average molecular weight is 825 g/mol. The van der Waals surface area contributed by atoms with Crippen molar-refractivity contribution in [1.29, 1.82) is 5.26 Å². The van der Waals surface area contributed by atoms with Crippen LogP contribution in [0.2, 0.25) is 0 Å². The van der Waals surface area contributed by atoms with E-state index < -0.39 is 6.04 Å². The third-order valence-corrected chi connectivity index (χ3v) is 12.7. The van der Waals surface area contributed by atoms with Crippen molar-refractivity contribution in [1.82, 2.24) is 25.3 Å².